The van der Waals surface area contributed by atoms with Crippen LogP contribution in [-0.4, -0.2) is 21.9 Å². The van der Waals surface area contributed by atoms with Gasteiger partial charge < -0.3 is 4.74 Å². The number of aromatic nitrogens is 3. The van der Waals surface area contributed by atoms with Gasteiger partial charge in [-0.1, -0.05) is 6.92 Å². The largest absolute Gasteiger partial charge is 0.362 e. The van der Waals surface area contributed by atoms with Crippen molar-refractivity contribution < 1.29 is 4.74 Å². The summed E-state index contributed by atoms with van der Waals surface area (Å²) < 4.78 is 6.63. The Morgan fingerprint density at radius 3 is 3.10 bits per heavy atom. The second-order valence-corrected chi connectivity index (χ2v) is 1.95. The van der Waals surface area contributed by atoms with Crippen molar-refractivity contribution in [3.05, 3.63) is 12.2 Å². The molecule has 56 valence electrons. The van der Waals surface area contributed by atoms with Crippen LogP contribution in [0.3, 0.4) is 0 Å². The van der Waals surface area contributed by atoms with Gasteiger partial charge in [-0.3, -0.25) is 0 Å². The van der Waals surface area contributed by atoms with Gasteiger partial charge in [0.15, 0.2) is 0 Å². The molecule has 0 saturated heterocycles. The standard InChI is InChI=1S/C6H11N3O/c1-3-6-7-4-8-9(6)5-10-2/h4H,3,5H2,1-2H3. The Kier molecular flexibility index (Phi) is 2.39. The fourth-order valence-electron chi connectivity index (χ4n) is 0.792. The highest BCUT2D eigenvalue weighted by Crippen LogP contribution is 1.93. The fraction of sp³-hybridized carbons (Fsp3) is 0.667. The van der Waals surface area contributed by atoms with Crippen molar-refractivity contribution in [3.8, 4) is 0 Å². The van der Waals surface area contributed by atoms with Crippen LogP contribution in [0.15, 0.2) is 6.33 Å². The minimum absolute atomic E-state index is 0.489. The number of ether oxygens (including phenoxy) is 1. The SMILES string of the molecule is CCc1ncnn1COC. The highest BCUT2D eigenvalue weighted by atomic mass is 16.5. The van der Waals surface area contributed by atoms with E-state index in [0.29, 0.717) is 6.73 Å². The molecule has 1 rings (SSSR count). The monoisotopic (exact) mass is 141 g/mol. The summed E-state index contributed by atoms with van der Waals surface area (Å²) in [7, 11) is 1.64. The first kappa shape index (κ1) is 7.21. The van der Waals surface area contributed by atoms with Crippen LogP contribution >= 0.6 is 0 Å². The van der Waals surface area contributed by atoms with Crippen LogP contribution < -0.4 is 0 Å². The van der Waals surface area contributed by atoms with Crippen LogP contribution in [0.25, 0.3) is 0 Å². The maximum Gasteiger partial charge on any atom is 0.141 e. The van der Waals surface area contributed by atoms with Gasteiger partial charge in [-0.15, -0.1) is 0 Å². The maximum absolute atomic E-state index is 4.89. The zero-order chi connectivity index (χ0) is 7.40. The predicted octanol–water partition coefficient (Wildman–Crippen LogP) is 0.444. The quantitative estimate of drug-likeness (QED) is 0.613. The van der Waals surface area contributed by atoms with Crippen molar-refractivity contribution in [2.45, 2.75) is 20.1 Å². The Balaban J connectivity index is 2.70. The lowest BCUT2D eigenvalue weighted by Gasteiger charge is -2.00. The van der Waals surface area contributed by atoms with E-state index >= 15 is 0 Å². The Hall–Kier alpha value is -0.900. The van der Waals surface area contributed by atoms with Crippen molar-refractivity contribution >= 4 is 0 Å². The average Bonchev–Trinajstić information content (AvgIpc) is 2.36. The van der Waals surface area contributed by atoms with Gasteiger partial charge in [0.2, 0.25) is 0 Å². The lowest BCUT2D eigenvalue weighted by Crippen LogP contribution is -2.05. The number of methoxy groups -OCH3 is 1. The first-order valence-electron chi connectivity index (χ1n) is 3.24. The second-order valence-electron chi connectivity index (χ2n) is 1.95. The third-order valence-electron chi connectivity index (χ3n) is 1.26. The van der Waals surface area contributed by atoms with Gasteiger partial charge in [0.25, 0.3) is 0 Å². The molecule has 0 unspecified atom stereocenters. The Bertz CT molecular complexity index is 197. The van der Waals surface area contributed by atoms with Crippen LogP contribution in [-0.2, 0) is 17.9 Å². The predicted molar refractivity (Wildman–Crippen MR) is 36.4 cm³/mol. The molecule has 0 N–H and O–H groups in total. The summed E-state index contributed by atoms with van der Waals surface area (Å²) in [6.07, 6.45) is 2.43. The van der Waals surface area contributed by atoms with Gasteiger partial charge in [-0.2, -0.15) is 5.10 Å². The Morgan fingerprint density at radius 2 is 2.50 bits per heavy atom. The van der Waals surface area contributed by atoms with Crippen molar-refractivity contribution in [2.24, 2.45) is 0 Å². The van der Waals surface area contributed by atoms with E-state index in [1.54, 1.807) is 11.8 Å². The summed E-state index contributed by atoms with van der Waals surface area (Å²) in [5, 5.41) is 3.96. The van der Waals surface area contributed by atoms with Crippen LogP contribution in [0.1, 0.15) is 12.7 Å². The molecular formula is C6H11N3O. The molecule has 0 fully saturated rings. The van der Waals surface area contributed by atoms with Gasteiger partial charge in [-0.05, 0) is 0 Å². The van der Waals surface area contributed by atoms with Crippen molar-refractivity contribution in [1.82, 2.24) is 14.8 Å². The third-order valence-corrected chi connectivity index (χ3v) is 1.26. The molecule has 0 aliphatic heterocycles. The number of hydrogen-bond donors (Lipinski definition) is 0. The summed E-state index contributed by atoms with van der Waals surface area (Å²) in [4.78, 5) is 4.03. The van der Waals surface area contributed by atoms with Crippen LogP contribution in [0, 0.1) is 0 Å². The minimum atomic E-state index is 0.489. The molecule has 0 atom stereocenters. The molecule has 10 heavy (non-hydrogen) atoms. The molecule has 0 aliphatic rings. The molecule has 0 bridgehead atoms. The molecule has 1 aromatic heterocycles. The molecule has 0 spiro atoms. The van der Waals surface area contributed by atoms with Gasteiger partial charge >= 0.3 is 0 Å². The van der Waals surface area contributed by atoms with E-state index in [2.05, 4.69) is 10.1 Å². The van der Waals surface area contributed by atoms with E-state index in [9.17, 15) is 0 Å². The van der Waals surface area contributed by atoms with Crippen LogP contribution in [0.4, 0.5) is 0 Å². The highest BCUT2D eigenvalue weighted by molar-refractivity contribution is 4.81. The number of aryl methyl sites for hydroxylation is 1. The van der Waals surface area contributed by atoms with E-state index in [-0.39, 0.29) is 0 Å². The smallest absolute Gasteiger partial charge is 0.141 e. The molecule has 1 aromatic rings. The van der Waals surface area contributed by atoms with Gasteiger partial charge in [0, 0.05) is 13.5 Å². The zero-order valence-corrected chi connectivity index (χ0v) is 6.24. The van der Waals surface area contributed by atoms with E-state index in [4.69, 9.17) is 4.74 Å². The molecule has 0 aliphatic carbocycles. The van der Waals surface area contributed by atoms with Crippen LogP contribution in [0.2, 0.25) is 0 Å². The highest BCUT2D eigenvalue weighted by Gasteiger charge is 1.98. The summed E-state index contributed by atoms with van der Waals surface area (Å²) in [6.45, 7) is 2.53. The summed E-state index contributed by atoms with van der Waals surface area (Å²) in [5.41, 5.74) is 0. The third kappa shape index (κ3) is 1.33. The van der Waals surface area contributed by atoms with Crippen LogP contribution in [0.5, 0.6) is 0 Å². The molecule has 0 aromatic carbocycles. The van der Waals surface area contributed by atoms with Gasteiger partial charge in [0.05, 0.1) is 0 Å². The molecule has 0 saturated carbocycles. The number of hydrogen-bond acceptors (Lipinski definition) is 3. The van der Waals surface area contributed by atoms with E-state index in [1.807, 2.05) is 6.92 Å². The summed E-state index contributed by atoms with van der Waals surface area (Å²) >= 11 is 0. The van der Waals surface area contributed by atoms with Crippen molar-refractivity contribution in [3.63, 3.8) is 0 Å². The van der Waals surface area contributed by atoms with Crippen molar-refractivity contribution in [1.29, 1.82) is 0 Å². The fourth-order valence-corrected chi connectivity index (χ4v) is 0.792. The van der Waals surface area contributed by atoms with E-state index < -0.39 is 0 Å². The Labute approximate surface area is 59.8 Å². The molecule has 0 amide bonds. The molecule has 4 nitrogen and oxygen atoms in total. The van der Waals surface area contributed by atoms with Gasteiger partial charge in [0.1, 0.15) is 18.9 Å². The zero-order valence-electron chi connectivity index (χ0n) is 6.24. The first-order valence-corrected chi connectivity index (χ1v) is 3.24. The Morgan fingerprint density at radius 1 is 1.70 bits per heavy atom. The number of rotatable bonds is 3. The maximum atomic E-state index is 4.89. The topological polar surface area (TPSA) is 39.9 Å². The normalized spacial score (nSPS) is 10.2. The minimum Gasteiger partial charge on any atom is -0.362 e. The van der Waals surface area contributed by atoms with Gasteiger partial charge in [-0.25, -0.2) is 9.67 Å². The molecule has 4 heteroatoms. The van der Waals surface area contributed by atoms with E-state index in [1.165, 1.54) is 6.33 Å². The summed E-state index contributed by atoms with van der Waals surface area (Å²) in [6, 6.07) is 0. The first-order chi connectivity index (χ1) is 4.88. The molecular weight excluding hydrogens is 130 g/mol. The lowest BCUT2D eigenvalue weighted by atomic mass is 10.5. The van der Waals surface area contributed by atoms with E-state index in [0.717, 1.165) is 12.2 Å². The lowest BCUT2D eigenvalue weighted by molar-refractivity contribution is 0.117. The number of nitrogens with zero attached hydrogens (tertiary/aromatic N) is 3. The molecule has 0 radical (unpaired) electrons. The average molecular weight is 141 g/mol. The second kappa shape index (κ2) is 3.31. The van der Waals surface area contributed by atoms with Crippen molar-refractivity contribution in [2.75, 3.05) is 7.11 Å². The summed E-state index contributed by atoms with van der Waals surface area (Å²) in [5.74, 6) is 0.960. The molecule has 1 heterocycles.